The highest BCUT2D eigenvalue weighted by Crippen LogP contribution is 2.02. The van der Waals surface area contributed by atoms with Gasteiger partial charge in [-0.25, -0.2) is 5.90 Å². The summed E-state index contributed by atoms with van der Waals surface area (Å²) in [5, 5.41) is 35.1. The molecule has 6 N–H and O–H groups in total. The zero-order chi connectivity index (χ0) is 11.7. The summed E-state index contributed by atoms with van der Waals surface area (Å²) >= 11 is 0. The van der Waals surface area contributed by atoms with Gasteiger partial charge < -0.3 is 30.1 Å². The minimum Gasteiger partial charge on any atom is -0.391 e. The summed E-state index contributed by atoms with van der Waals surface area (Å²) in [7, 11) is 1.40. The number of hydrogen-bond donors (Lipinski definition) is 5. The van der Waals surface area contributed by atoms with Crippen molar-refractivity contribution >= 4 is 6.29 Å². The molecule has 0 spiro atoms. The molecule has 0 unspecified atom stereocenters. The van der Waals surface area contributed by atoms with Gasteiger partial charge in [0.15, 0.2) is 6.29 Å². The fourth-order valence-electron chi connectivity index (χ4n) is 0.568. The molecule has 0 aliphatic rings. The summed E-state index contributed by atoms with van der Waals surface area (Å²) in [5.74, 6) is 4.35. The lowest BCUT2D eigenvalue weighted by Gasteiger charge is -2.21. The van der Waals surface area contributed by atoms with Crippen LogP contribution in [-0.4, -0.2) is 58.2 Å². The largest absolute Gasteiger partial charge is 0.391 e. The molecule has 4 atom stereocenters. The second-order valence-electron chi connectivity index (χ2n) is 2.58. The molecule has 0 bridgehead atoms. The fraction of sp³-hybridized carbons (Fsp3) is 0.857. The van der Waals surface area contributed by atoms with E-state index in [-0.39, 0.29) is 6.29 Å². The molecule has 86 valence electrons. The summed E-state index contributed by atoms with van der Waals surface area (Å²) in [6.45, 7) is 1.24. The van der Waals surface area contributed by atoms with Gasteiger partial charge in [-0.05, 0) is 6.92 Å². The lowest BCUT2D eigenvalue weighted by atomic mass is 10.1. The molecule has 0 aromatic heterocycles. The first-order chi connectivity index (χ1) is 6.42. The van der Waals surface area contributed by atoms with Gasteiger partial charge in [-0.1, -0.05) is 0 Å². The Morgan fingerprint density at radius 3 is 1.79 bits per heavy atom. The van der Waals surface area contributed by atoms with E-state index < -0.39 is 24.4 Å². The van der Waals surface area contributed by atoms with Gasteiger partial charge in [0, 0.05) is 0 Å². The molecular formula is C7H17NO6. The van der Waals surface area contributed by atoms with Crippen LogP contribution in [0.3, 0.4) is 0 Å². The molecule has 0 rings (SSSR count). The van der Waals surface area contributed by atoms with E-state index in [1.54, 1.807) is 0 Å². The number of aliphatic hydroxyl groups is 4. The Morgan fingerprint density at radius 1 is 1.21 bits per heavy atom. The van der Waals surface area contributed by atoms with Gasteiger partial charge in [0.25, 0.3) is 0 Å². The van der Waals surface area contributed by atoms with E-state index in [9.17, 15) is 4.79 Å². The van der Waals surface area contributed by atoms with Crippen molar-refractivity contribution in [1.82, 2.24) is 0 Å². The molecule has 14 heavy (non-hydrogen) atoms. The fourth-order valence-corrected chi connectivity index (χ4v) is 0.568. The Bertz CT molecular complexity index is 142. The van der Waals surface area contributed by atoms with E-state index in [1.165, 1.54) is 14.0 Å². The topological polar surface area (TPSA) is 133 Å². The lowest BCUT2D eigenvalue weighted by Crippen LogP contribution is -2.43. The first-order valence-corrected chi connectivity index (χ1v) is 3.82. The lowest BCUT2D eigenvalue weighted by molar-refractivity contribution is -0.132. The van der Waals surface area contributed by atoms with Crippen LogP contribution in [0.4, 0.5) is 0 Å². The average molecular weight is 211 g/mol. The third-order valence-electron chi connectivity index (χ3n) is 1.33. The maximum absolute atomic E-state index is 9.87. The van der Waals surface area contributed by atoms with Crippen molar-refractivity contribution in [1.29, 1.82) is 0 Å². The van der Waals surface area contributed by atoms with Crippen LogP contribution in [0.1, 0.15) is 6.92 Å². The van der Waals surface area contributed by atoms with Crippen molar-refractivity contribution in [2.75, 3.05) is 7.11 Å². The Hall–Kier alpha value is -0.570. The number of aldehydes is 1. The van der Waals surface area contributed by atoms with Gasteiger partial charge in [-0.2, -0.15) is 0 Å². The highest BCUT2D eigenvalue weighted by Gasteiger charge is 2.27. The van der Waals surface area contributed by atoms with Crippen LogP contribution in [0, 0.1) is 0 Å². The maximum Gasteiger partial charge on any atom is 0.151 e. The summed E-state index contributed by atoms with van der Waals surface area (Å²) in [4.78, 5) is 13.6. The summed E-state index contributed by atoms with van der Waals surface area (Å²) in [6, 6.07) is 0. The van der Waals surface area contributed by atoms with Gasteiger partial charge >= 0.3 is 0 Å². The van der Waals surface area contributed by atoms with Crippen molar-refractivity contribution < 1.29 is 30.1 Å². The summed E-state index contributed by atoms with van der Waals surface area (Å²) in [6.07, 6.45) is -5.88. The van der Waals surface area contributed by atoms with Crippen LogP contribution < -0.4 is 5.90 Å². The van der Waals surface area contributed by atoms with Crippen molar-refractivity contribution in [3.8, 4) is 0 Å². The zero-order valence-electron chi connectivity index (χ0n) is 8.07. The second kappa shape index (κ2) is 9.00. The number of carbonyl (C=O) groups excluding carboxylic acids is 1. The normalized spacial score (nSPS) is 18.5. The quantitative estimate of drug-likeness (QED) is 0.250. The van der Waals surface area contributed by atoms with E-state index in [0.29, 0.717) is 0 Å². The van der Waals surface area contributed by atoms with Gasteiger partial charge in [-0.3, -0.25) is 0 Å². The number of carbonyl (C=O) groups is 1. The molecule has 0 amide bonds. The van der Waals surface area contributed by atoms with Crippen molar-refractivity contribution in [3.05, 3.63) is 0 Å². The van der Waals surface area contributed by atoms with E-state index in [2.05, 4.69) is 10.7 Å². The van der Waals surface area contributed by atoms with E-state index in [1.807, 2.05) is 0 Å². The van der Waals surface area contributed by atoms with Crippen LogP contribution in [0.2, 0.25) is 0 Å². The minimum absolute atomic E-state index is 0.0935. The average Bonchev–Trinajstić information content (AvgIpc) is 2.15. The smallest absolute Gasteiger partial charge is 0.151 e. The molecule has 0 aliphatic heterocycles. The molecule has 0 aliphatic carbocycles. The maximum atomic E-state index is 9.87. The molecule has 7 nitrogen and oxygen atoms in total. The molecule has 0 saturated heterocycles. The standard InChI is InChI=1S/C6H12O5.CH5NO/c1-3(8)5(10)6(11)4(9)2-7;1-3-2/h2-6,8-11H,1H3;2H2,1H3/t3-,4+,5+,6-;/m1./s1. The van der Waals surface area contributed by atoms with E-state index >= 15 is 0 Å². The molecule has 7 heteroatoms. The Balaban J connectivity index is 0. The number of aliphatic hydroxyl groups excluding tert-OH is 4. The molecular weight excluding hydrogens is 194 g/mol. The van der Waals surface area contributed by atoms with Crippen molar-refractivity contribution in [2.24, 2.45) is 5.90 Å². The molecule has 0 fully saturated rings. The predicted octanol–water partition coefficient (Wildman–Crippen LogP) is -2.84. The SMILES string of the molecule is CON.C[C@@H](O)[C@H](O)[C@H](O)[C@@H](O)C=O. The number of nitrogens with two attached hydrogens (primary N) is 1. The van der Waals surface area contributed by atoms with Crippen LogP contribution in [0.25, 0.3) is 0 Å². The first-order valence-electron chi connectivity index (χ1n) is 3.82. The first kappa shape index (κ1) is 15.9. The number of rotatable bonds is 4. The molecule has 0 saturated carbocycles. The molecule has 0 heterocycles. The van der Waals surface area contributed by atoms with E-state index in [4.69, 9.17) is 20.4 Å². The third kappa shape index (κ3) is 6.89. The summed E-state index contributed by atoms with van der Waals surface area (Å²) in [5.41, 5.74) is 0. The van der Waals surface area contributed by atoms with Crippen molar-refractivity contribution in [3.63, 3.8) is 0 Å². The highest BCUT2D eigenvalue weighted by molar-refractivity contribution is 5.56. The Labute approximate surface area is 81.7 Å². The Morgan fingerprint density at radius 2 is 1.57 bits per heavy atom. The van der Waals surface area contributed by atoms with Gasteiger partial charge in [0.1, 0.15) is 18.3 Å². The van der Waals surface area contributed by atoms with Crippen LogP contribution >= 0.6 is 0 Å². The van der Waals surface area contributed by atoms with Crippen LogP contribution in [-0.2, 0) is 9.63 Å². The zero-order valence-corrected chi connectivity index (χ0v) is 8.07. The Kier molecular flexibility index (Phi) is 10.2. The van der Waals surface area contributed by atoms with E-state index in [0.717, 1.165) is 0 Å². The van der Waals surface area contributed by atoms with Crippen molar-refractivity contribution in [2.45, 2.75) is 31.3 Å². The van der Waals surface area contributed by atoms with Gasteiger partial charge in [-0.15, -0.1) is 0 Å². The minimum atomic E-state index is -1.65. The molecule has 0 radical (unpaired) electrons. The van der Waals surface area contributed by atoms with Gasteiger partial charge in [0.05, 0.1) is 13.2 Å². The van der Waals surface area contributed by atoms with Gasteiger partial charge in [0.2, 0.25) is 0 Å². The highest BCUT2D eigenvalue weighted by atomic mass is 16.6. The molecule has 0 aromatic rings. The number of hydrogen-bond acceptors (Lipinski definition) is 7. The second-order valence-corrected chi connectivity index (χ2v) is 2.58. The monoisotopic (exact) mass is 211 g/mol. The summed E-state index contributed by atoms with van der Waals surface area (Å²) < 4.78 is 0. The molecule has 0 aromatic carbocycles. The third-order valence-corrected chi connectivity index (χ3v) is 1.33. The van der Waals surface area contributed by atoms with Crippen LogP contribution in [0.15, 0.2) is 0 Å². The predicted molar refractivity (Wildman–Crippen MR) is 47.0 cm³/mol. The van der Waals surface area contributed by atoms with Crippen LogP contribution in [0.5, 0.6) is 0 Å².